The lowest BCUT2D eigenvalue weighted by Crippen LogP contribution is -2.22. The smallest absolute Gasteiger partial charge is 0.167 e. The standard InChI is InChI=1S/C14H23N5OSi/c1-21(2,3)7-6-20-9-19-13(10-4-5-10)18-11-12(15)16-8-17-14(11)19/h8,10H,4-7,9H2,1-3H3,(H2,15,16,17). The Bertz CT molecular complexity index is 645. The molecule has 1 aliphatic carbocycles. The van der Waals surface area contributed by atoms with E-state index in [1.807, 2.05) is 0 Å². The van der Waals surface area contributed by atoms with Crippen molar-refractivity contribution in [3.63, 3.8) is 0 Å². The molecule has 0 amide bonds. The molecule has 2 N–H and O–H groups in total. The van der Waals surface area contributed by atoms with Gasteiger partial charge in [0.25, 0.3) is 0 Å². The SMILES string of the molecule is C[Si](C)(C)CCOCn1c(C2CC2)nc2c(N)ncnc21. The predicted octanol–water partition coefficient (Wildman–Crippen LogP) is 2.60. The lowest BCUT2D eigenvalue weighted by atomic mass is 10.4. The molecule has 1 saturated carbocycles. The first-order chi connectivity index (χ1) is 9.96. The van der Waals surface area contributed by atoms with E-state index in [2.05, 4.69) is 39.2 Å². The first-order valence-corrected chi connectivity index (χ1v) is 11.2. The van der Waals surface area contributed by atoms with Gasteiger partial charge in [0, 0.05) is 20.6 Å². The molecule has 0 spiro atoms. The zero-order chi connectivity index (χ0) is 15.0. The number of anilines is 1. The topological polar surface area (TPSA) is 78.9 Å². The highest BCUT2D eigenvalue weighted by atomic mass is 28.3. The van der Waals surface area contributed by atoms with Crippen molar-refractivity contribution >= 4 is 25.1 Å². The molecule has 0 atom stereocenters. The largest absolute Gasteiger partial charge is 0.382 e. The number of nitrogen functional groups attached to an aromatic ring is 1. The maximum Gasteiger partial charge on any atom is 0.167 e. The summed E-state index contributed by atoms with van der Waals surface area (Å²) >= 11 is 0. The molecule has 7 heteroatoms. The van der Waals surface area contributed by atoms with Crippen molar-refractivity contribution in [2.24, 2.45) is 0 Å². The van der Waals surface area contributed by atoms with Gasteiger partial charge in [0.05, 0.1) is 0 Å². The average molecular weight is 305 g/mol. The summed E-state index contributed by atoms with van der Waals surface area (Å²) in [5.41, 5.74) is 7.40. The molecule has 0 radical (unpaired) electrons. The van der Waals surface area contributed by atoms with Crippen LogP contribution in [0.1, 0.15) is 24.6 Å². The van der Waals surface area contributed by atoms with Gasteiger partial charge in [0.1, 0.15) is 18.9 Å². The number of hydrogen-bond donors (Lipinski definition) is 1. The summed E-state index contributed by atoms with van der Waals surface area (Å²) in [7, 11) is -1.06. The van der Waals surface area contributed by atoms with Gasteiger partial charge in [-0.25, -0.2) is 15.0 Å². The Hall–Kier alpha value is -1.47. The predicted molar refractivity (Wildman–Crippen MR) is 85.8 cm³/mol. The molecule has 0 aromatic carbocycles. The third kappa shape index (κ3) is 3.24. The lowest BCUT2D eigenvalue weighted by Gasteiger charge is -2.16. The normalized spacial score (nSPS) is 15.8. The van der Waals surface area contributed by atoms with Gasteiger partial charge in [0.2, 0.25) is 0 Å². The first kappa shape index (κ1) is 14.5. The molecule has 6 nitrogen and oxygen atoms in total. The van der Waals surface area contributed by atoms with Gasteiger partial charge in [-0.15, -0.1) is 0 Å². The highest BCUT2D eigenvalue weighted by Crippen LogP contribution is 2.40. The number of aromatic nitrogens is 4. The van der Waals surface area contributed by atoms with Crippen LogP contribution in [-0.4, -0.2) is 34.2 Å². The fraction of sp³-hybridized carbons (Fsp3) is 0.643. The molecule has 2 aromatic rings. The van der Waals surface area contributed by atoms with Crippen molar-refractivity contribution < 1.29 is 4.74 Å². The van der Waals surface area contributed by atoms with Gasteiger partial charge in [0.15, 0.2) is 17.0 Å². The number of imidazole rings is 1. The Morgan fingerprint density at radius 1 is 1.33 bits per heavy atom. The van der Waals surface area contributed by atoms with Crippen LogP contribution in [0.5, 0.6) is 0 Å². The molecule has 2 aromatic heterocycles. The fourth-order valence-electron chi connectivity index (χ4n) is 2.29. The van der Waals surface area contributed by atoms with Crippen LogP contribution in [0.25, 0.3) is 11.2 Å². The van der Waals surface area contributed by atoms with Gasteiger partial charge in [-0.2, -0.15) is 0 Å². The zero-order valence-corrected chi connectivity index (χ0v) is 14.0. The summed E-state index contributed by atoms with van der Waals surface area (Å²) in [5.74, 6) is 2.02. The van der Waals surface area contributed by atoms with E-state index in [-0.39, 0.29) is 0 Å². The van der Waals surface area contributed by atoms with Crippen LogP contribution in [-0.2, 0) is 11.5 Å². The summed E-state index contributed by atoms with van der Waals surface area (Å²) in [6.45, 7) is 8.36. The van der Waals surface area contributed by atoms with Crippen LogP contribution in [0.2, 0.25) is 25.7 Å². The molecule has 114 valence electrons. The van der Waals surface area contributed by atoms with Crippen LogP contribution in [0.4, 0.5) is 5.82 Å². The molecule has 3 rings (SSSR count). The molecule has 1 fully saturated rings. The van der Waals surface area contributed by atoms with E-state index >= 15 is 0 Å². The Morgan fingerprint density at radius 2 is 2.10 bits per heavy atom. The van der Waals surface area contributed by atoms with Crippen molar-refractivity contribution in [1.82, 2.24) is 19.5 Å². The number of nitrogens with two attached hydrogens (primary N) is 1. The summed E-state index contributed by atoms with van der Waals surface area (Å²) < 4.78 is 7.94. The average Bonchev–Trinajstić information content (AvgIpc) is 3.17. The van der Waals surface area contributed by atoms with Crippen LogP contribution >= 0.6 is 0 Å². The molecule has 0 bridgehead atoms. The Labute approximate surface area is 125 Å². The highest BCUT2D eigenvalue weighted by Gasteiger charge is 2.30. The van der Waals surface area contributed by atoms with Gasteiger partial charge in [-0.05, 0) is 18.9 Å². The molecule has 21 heavy (non-hydrogen) atoms. The van der Waals surface area contributed by atoms with E-state index < -0.39 is 8.07 Å². The minimum Gasteiger partial charge on any atom is -0.382 e. The van der Waals surface area contributed by atoms with Gasteiger partial charge in [-0.3, -0.25) is 4.57 Å². The second-order valence-electron chi connectivity index (χ2n) is 6.95. The monoisotopic (exact) mass is 305 g/mol. The van der Waals surface area contributed by atoms with Crippen LogP contribution in [0.15, 0.2) is 6.33 Å². The fourth-order valence-corrected chi connectivity index (χ4v) is 3.04. The quantitative estimate of drug-likeness (QED) is 0.655. The number of rotatable bonds is 6. The van der Waals surface area contributed by atoms with E-state index in [4.69, 9.17) is 10.5 Å². The van der Waals surface area contributed by atoms with Crippen molar-refractivity contribution in [2.45, 2.75) is 51.2 Å². The molecular formula is C14H23N5OSi. The van der Waals surface area contributed by atoms with E-state index in [9.17, 15) is 0 Å². The van der Waals surface area contributed by atoms with Crippen molar-refractivity contribution in [2.75, 3.05) is 12.3 Å². The summed E-state index contributed by atoms with van der Waals surface area (Å²) in [5, 5.41) is 0. The maximum absolute atomic E-state index is 5.91. The van der Waals surface area contributed by atoms with E-state index in [0.717, 1.165) is 24.1 Å². The lowest BCUT2D eigenvalue weighted by molar-refractivity contribution is 0.0875. The molecular weight excluding hydrogens is 282 g/mol. The number of nitrogens with zero attached hydrogens (tertiary/aromatic N) is 4. The summed E-state index contributed by atoms with van der Waals surface area (Å²) in [4.78, 5) is 13.0. The zero-order valence-electron chi connectivity index (χ0n) is 13.0. The van der Waals surface area contributed by atoms with Gasteiger partial charge < -0.3 is 10.5 Å². The van der Waals surface area contributed by atoms with Crippen LogP contribution in [0, 0.1) is 0 Å². The number of ether oxygens (including phenoxy) is 1. The number of hydrogen-bond acceptors (Lipinski definition) is 5. The second kappa shape index (κ2) is 5.38. The minimum absolute atomic E-state index is 0.447. The summed E-state index contributed by atoms with van der Waals surface area (Å²) in [6.07, 6.45) is 3.87. The second-order valence-corrected chi connectivity index (χ2v) is 12.6. The third-order valence-electron chi connectivity index (χ3n) is 3.75. The Morgan fingerprint density at radius 3 is 2.76 bits per heavy atom. The van der Waals surface area contributed by atoms with Crippen LogP contribution in [0.3, 0.4) is 0 Å². The first-order valence-electron chi connectivity index (χ1n) is 7.50. The Kier molecular flexibility index (Phi) is 3.70. The van der Waals surface area contributed by atoms with Crippen molar-refractivity contribution in [1.29, 1.82) is 0 Å². The van der Waals surface area contributed by atoms with Crippen molar-refractivity contribution in [3.8, 4) is 0 Å². The molecule has 2 heterocycles. The number of fused-ring (bicyclic) bond motifs is 1. The van der Waals surface area contributed by atoms with Gasteiger partial charge >= 0.3 is 0 Å². The molecule has 0 unspecified atom stereocenters. The van der Waals surface area contributed by atoms with Gasteiger partial charge in [-0.1, -0.05) is 19.6 Å². The Balaban J connectivity index is 1.80. The molecule has 0 saturated heterocycles. The summed E-state index contributed by atoms with van der Waals surface area (Å²) in [6, 6.07) is 1.16. The molecule has 1 aliphatic rings. The third-order valence-corrected chi connectivity index (χ3v) is 5.45. The van der Waals surface area contributed by atoms with Crippen molar-refractivity contribution in [3.05, 3.63) is 12.2 Å². The van der Waals surface area contributed by atoms with E-state index in [1.54, 1.807) is 0 Å². The highest BCUT2D eigenvalue weighted by molar-refractivity contribution is 6.76. The maximum atomic E-state index is 5.91. The molecule has 0 aliphatic heterocycles. The minimum atomic E-state index is -1.06. The van der Waals surface area contributed by atoms with E-state index in [1.165, 1.54) is 19.2 Å². The van der Waals surface area contributed by atoms with E-state index in [0.29, 0.717) is 24.0 Å². The van der Waals surface area contributed by atoms with Crippen LogP contribution < -0.4 is 5.73 Å².